The van der Waals surface area contributed by atoms with Gasteiger partial charge in [-0.2, -0.15) is 4.98 Å². The van der Waals surface area contributed by atoms with Gasteiger partial charge in [0.05, 0.1) is 0 Å². The van der Waals surface area contributed by atoms with Crippen molar-refractivity contribution in [2.45, 2.75) is 18.2 Å². The summed E-state index contributed by atoms with van der Waals surface area (Å²) in [7, 11) is 0. The monoisotopic (exact) mass is 280 g/mol. The second-order valence-corrected chi connectivity index (χ2v) is 4.84. The first-order chi connectivity index (χ1) is 8.71. The van der Waals surface area contributed by atoms with E-state index in [0.29, 0.717) is 16.9 Å². The molecule has 0 atom stereocenters. The number of aromatic nitrogens is 2. The highest BCUT2D eigenvalue weighted by molar-refractivity contribution is 7.98. The van der Waals surface area contributed by atoms with Crippen LogP contribution in [-0.4, -0.2) is 16.2 Å². The maximum atomic E-state index is 5.91. The Morgan fingerprint density at radius 2 is 1.94 bits per heavy atom. The van der Waals surface area contributed by atoms with E-state index in [4.69, 9.17) is 16.3 Å². The number of benzene rings is 1. The fourth-order valence-corrected chi connectivity index (χ4v) is 2.02. The van der Waals surface area contributed by atoms with E-state index < -0.39 is 0 Å². The summed E-state index contributed by atoms with van der Waals surface area (Å²) in [6.45, 7) is 1.97. The Kier molecular flexibility index (Phi) is 4.44. The minimum atomic E-state index is 0.401. The molecule has 0 bridgehead atoms. The molecule has 2 aromatic rings. The number of rotatable bonds is 4. The summed E-state index contributed by atoms with van der Waals surface area (Å²) < 4.78 is 5.66. The van der Waals surface area contributed by atoms with Gasteiger partial charge in [0.15, 0.2) is 0 Å². The summed E-state index contributed by atoms with van der Waals surface area (Å²) in [6.07, 6.45) is 2.76. The van der Waals surface area contributed by atoms with Crippen molar-refractivity contribution in [3.05, 3.63) is 41.3 Å². The third-order valence-electron chi connectivity index (χ3n) is 2.32. The molecular weight excluding hydrogens is 268 g/mol. The van der Waals surface area contributed by atoms with Gasteiger partial charge in [0.1, 0.15) is 16.7 Å². The van der Waals surface area contributed by atoms with Gasteiger partial charge in [-0.25, -0.2) is 4.98 Å². The summed E-state index contributed by atoms with van der Waals surface area (Å²) in [5.74, 6) is 1.90. The summed E-state index contributed by atoms with van der Waals surface area (Å²) in [5, 5.41) is 0.401. The molecule has 0 saturated carbocycles. The molecule has 94 valence electrons. The molecule has 0 saturated heterocycles. The van der Waals surface area contributed by atoms with Crippen LogP contribution in [0.15, 0.2) is 35.2 Å². The highest BCUT2D eigenvalue weighted by Crippen LogP contribution is 2.24. The van der Waals surface area contributed by atoms with E-state index in [1.54, 1.807) is 17.8 Å². The lowest BCUT2D eigenvalue weighted by molar-refractivity contribution is 0.458. The predicted octanol–water partition coefficient (Wildman–Crippen LogP) is 4.21. The van der Waals surface area contributed by atoms with Gasteiger partial charge in [-0.3, -0.25) is 0 Å². The molecule has 5 heteroatoms. The molecule has 0 spiro atoms. The van der Waals surface area contributed by atoms with E-state index in [0.717, 1.165) is 12.2 Å². The predicted molar refractivity (Wildman–Crippen MR) is 74.7 cm³/mol. The van der Waals surface area contributed by atoms with Crippen molar-refractivity contribution in [2.24, 2.45) is 0 Å². The van der Waals surface area contributed by atoms with E-state index in [9.17, 15) is 0 Å². The quantitative estimate of drug-likeness (QED) is 0.621. The topological polar surface area (TPSA) is 35.0 Å². The Bertz CT molecular complexity index is 531. The van der Waals surface area contributed by atoms with Crippen LogP contribution in [0.5, 0.6) is 11.6 Å². The van der Waals surface area contributed by atoms with Crippen molar-refractivity contribution in [1.82, 2.24) is 9.97 Å². The second kappa shape index (κ2) is 6.07. The number of hydrogen-bond acceptors (Lipinski definition) is 4. The Labute approximate surface area is 116 Å². The molecule has 0 aliphatic carbocycles. The summed E-state index contributed by atoms with van der Waals surface area (Å²) >= 11 is 7.60. The molecule has 1 heterocycles. The highest BCUT2D eigenvalue weighted by Gasteiger charge is 2.04. The zero-order valence-electron chi connectivity index (χ0n) is 10.2. The van der Waals surface area contributed by atoms with Gasteiger partial charge in [0, 0.05) is 17.4 Å². The molecule has 0 aliphatic heterocycles. The lowest BCUT2D eigenvalue weighted by Gasteiger charge is -2.06. The number of ether oxygens (including phenoxy) is 1. The Balaban J connectivity index is 2.19. The lowest BCUT2D eigenvalue weighted by Crippen LogP contribution is -1.96. The van der Waals surface area contributed by atoms with Crippen molar-refractivity contribution in [3.63, 3.8) is 0 Å². The number of aryl methyl sites for hydroxylation is 1. The van der Waals surface area contributed by atoms with Crippen molar-refractivity contribution in [1.29, 1.82) is 0 Å². The zero-order valence-corrected chi connectivity index (χ0v) is 11.8. The highest BCUT2D eigenvalue weighted by atomic mass is 35.5. The molecule has 1 aromatic carbocycles. The minimum Gasteiger partial charge on any atom is -0.439 e. The van der Waals surface area contributed by atoms with Crippen LogP contribution in [-0.2, 0) is 6.42 Å². The number of thioether (sulfide) groups is 1. The Hall–Kier alpha value is -1.26. The maximum Gasteiger partial charge on any atom is 0.224 e. The molecule has 0 amide bonds. The first kappa shape index (κ1) is 13.2. The average molecular weight is 281 g/mol. The third kappa shape index (κ3) is 3.37. The zero-order chi connectivity index (χ0) is 13.0. The van der Waals surface area contributed by atoms with Crippen LogP contribution < -0.4 is 4.74 Å². The average Bonchev–Trinajstić information content (AvgIpc) is 2.39. The molecule has 0 aliphatic rings. The lowest BCUT2D eigenvalue weighted by atomic mass is 10.3. The minimum absolute atomic E-state index is 0.401. The first-order valence-corrected chi connectivity index (χ1v) is 7.17. The van der Waals surface area contributed by atoms with Crippen molar-refractivity contribution >= 4 is 23.4 Å². The van der Waals surface area contributed by atoms with Gasteiger partial charge in [0.25, 0.3) is 0 Å². The number of halogens is 1. The normalized spacial score (nSPS) is 10.4. The first-order valence-electron chi connectivity index (χ1n) is 5.56. The molecular formula is C13H13ClN2OS. The fourth-order valence-electron chi connectivity index (χ4n) is 1.42. The van der Waals surface area contributed by atoms with Gasteiger partial charge in [-0.05, 0) is 30.5 Å². The molecule has 2 rings (SSSR count). The largest absolute Gasteiger partial charge is 0.439 e. The Morgan fingerprint density at radius 3 is 2.56 bits per heavy atom. The van der Waals surface area contributed by atoms with E-state index in [2.05, 4.69) is 9.97 Å². The molecule has 0 N–H and O–H groups in total. The van der Waals surface area contributed by atoms with Crippen LogP contribution in [0.2, 0.25) is 5.15 Å². The summed E-state index contributed by atoms with van der Waals surface area (Å²) in [6, 6.07) is 9.44. The van der Waals surface area contributed by atoms with Gasteiger partial charge < -0.3 is 4.74 Å². The van der Waals surface area contributed by atoms with Gasteiger partial charge in [-0.1, -0.05) is 18.5 Å². The summed E-state index contributed by atoms with van der Waals surface area (Å²) in [5.41, 5.74) is 0. The van der Waals surface area contributed by atoms with E-state index in [1.165, 1.54) is 4.90 Å². The molecule has 0 fully saturated rings. The van der Waals surface area contributed by atoms with E-state index >= 15 is 0 Å². The van der Waals surface area contributed by atoms with Gasteiger partial charge in [-0.15, -0.1) is 11.8 Å². The fraction of sp³-hybridized carbons (Fsp3) is 0.231. The van der Waals surface area contributed by atoms with Crippen LogP contribution >= 0.6 is 23.4 Å². The smallest absolute Gasteiger partial charge is 0.224 e. The number of nitrogens with zero attached hydrogens (tertiary/aromatic N) is 2. The van der Waals surface area contributed by atoms with E-state index in [1.807, 2.05) is 37.4 Å². The van der Waals surface area contributed by atoms with Crippen molar-refractivity contribution in [3.8, 4) is 11.6 Å². The van der Waals surface area contributed by atoms with Crippen molar-refractivity contribution < 1.29 is 4.74 Å². The van der Waals surface area contributed by atoms with Gasteiger partial charge >= 0.3 is 0 Å². The molecule has 1 aromatic heterocycles. The van der Waals surface area contributed by atoms with Crippen LogP contribution in [0.1, 0.15) is 12.7 Å². The van der Waals surface area contributed by atoms with Crippen LogP contribution in [0.3, 0.4) is 0 Å². The Morgan fingerprint density at radius 1 is 1.22 bits per heavy atom. The van der Waals surface area contributed by atoms with Crippen molar-refractivity contribution in [2.75, 3.05) is 6.26 Å². The molecule has 18 heavy (non-hydrogen) atoms. The molecule has 3 nitrogen and oxygen atoms in total. The second-order valence-electron chi connectivity index (χ2n) is 3.58. The SMILES string of the molecule is CCc1nc(Cl)cc(Oc2ccc(SC)cc2)n1. The summed E-state index contributed by atoms with van der Waals surface area (Å²) in [4.78, 5) is 9.55. The third-order valence-corrected chi connectivity index (χ3v) is 3.25. The van der Waals surface area contributed by atoms with E-state index in [-0.39, 0.29) is 0 Å². The van der Waals surface area contributed by atoms with Gasteiger partial charge in [0.2, 0.25) is 5.88 Å². The number of hydrogen-bond donors (Lipinski definition) is 0. The maximum absolute atomic E-state index is 5.91. The molecule has 0 radical (unpaired) electrons. The van der Waals surface area contributed by atoms with Crippen LogP contribution in [0.25, 0.3) is 0 Å². The standard InChI is InChI=1S/C13H13ClN2OS/c1-3-12-15-11(14)8-13(16-12)17-9-4-6-10(18-2)7-5-9/h4-8H,3H2,1-2H3. The van der Waals surface area contributed by atoms with Crippen LogP contribution in [0.4, 0.5) is 0 Å². The molecule has 0 unspecified atom stereocenters. The van der Waals surface area contributed by atoms with Crippen LogP contribution in [0, 0.1) is 0 Å².